The van der Waals surface area contributed by atoms with E-state index in [0.717, 1.165) is 25.8 Å². The molecule has 156 valence electrons. The fraction of sp³-hybridized carbons (Fsp3) is 0.286. The highest BCUT2D eigenvalue weighted by Crippen LogP contribution is 2.36. The number of halogens is 1. The van der Waals surface area contributed by atoms with Crippen LogP contribution in [0.3, 0.4) is 0 Å². The second-order valence-corrected chi connectivity index (χ2v) is 11.2. The molecule has 1 fully saturated rings. The minimum absolute atomic E-state index is 0.0941. The average molecular weight is 507 g/mol. The summed E-state index contributed by atoms with van der Waals surface area (Å²) in [7, 11) is -3.58. The van der Waals surface area contributed by atoms with Crippen LogP contribution in [0.4, 0.5) is 10.5 Å². The average Bonchev–Trinajstić information content (AvgIpc) is 3.19. The molecule has 2 aliphatic rings. The summed E-state index contributed by atoms with van der Waals surface area (Å²) in [5.41, 5.74) is 1.79. The van der Waals surface area contributed by atoms with E-state index in [-0.39, 0.29) is 18.7 Å². The Morgan fingerprint density at radius 2 is 1.87 bits per heavy atom. The third kappa shape index (κ3) is 3.33. The van der Waals surface area contributed by atoms with Crippen LogP contribution < -0.4 is 4.90 Å². The Labute approximate surface area is 187 Å². The van der Waals surface area contributed by atoms with E-state index in [1.807, 2.05) is 42.5 Å². The predicted molar refractivity (Wildman–Crippen MR) is 120 cm³/mol. The fourth-order valence-electron chi connectivity index (χ4n) is 4.19. The Morgan fingerprint density at radius 3 is 2.67 bits per heavy atom. The van der Waals surface area contributed by atoms with E-state index in [0.29, 0.717) is 30.8 Å². The molecular formula is C21H19BrN2O4S2. The first-order valence-corrected chi connectivity index (χ1v) is 12.8. The van der Waals surface area contributed by atoms with Crippen molar-refractivity contribution in [2.45, 2.75) is 30.4 Å². The van der Waals surface area contributed by atoms with Crippen LogP contribution in [-0.2, 0) is 21.4 Å². The molecule has 9 heteroatoms. The summed E-state index contributed by atoms with van der Waals surface area (Å²) >= 11 is 4.90. The van der Waals surface area contributed by atoms with Gasteiger partial charge < -0.3 is 4.74 Å². The summed E-state index contributed by atoms with van der Waals surface area (Å²) in [6.07, 6.45) is 0.757. The van der Waals surface area contributed by atoms with Crippen molar-refractivity contribution >= 4 is 59.2 Å². The molecule has 0 spiro atoms. The van der Waals surface area contributed by atoms with Crippen LogP contribution in [0, 0.1) is 0 Å². The second-order valence-electron chi connectivity index (χ2n) is 7.43. The Morgan fingerprint density at radius 1 is 1.10 bits per heavy atom. The first-order chi connectivity index (χ1) is 14.4. The lowest BCUT2D eigenvalue weighted by atomic mass is 10.0. The van der Waals surface area contributed by atoms with Crippen molar-refractivity contribution in [3.05, 3.63) is 57.9 Å². The van der Waals surface area contributed by atoms with Crippen molar-refractivity contribution < 1.29 is 17.9 Å². The summed E-state index contributed by atoms with van der Waals surface area (Å²) in [5.74, 6) is 0. The normalized spacial score (nSPS) is 18.4. The van der Waals surface area contributed by atoms with Gasteiger partial charge in [-0.3, -0.25) is 4.90 Å². The van der Waals surface area contributed by atoms with Crippen molar-refractivity contribution in [3.63, 3.8) is 0 Å². The van der Waals surface area contributed by atoms with Crippen molar-refractivity contribution in [3.8, 4) is 0 Å². The van der Waals surface area contributed by atoms with E-state index < -0.39 is 10.0 Å². The van der Waals surface area contributed by atoms with Crippen LogP contribution in [0.15, 0.2) is 57.2 Å². The zero-order valence-electron chi connectivity index (χ0n) is 16.0. The zero-order chi connectivity index (χ0) is 20.9. The number of thiophene rings is 1. The molecule has 0 bridgehead atoms. The lowest BCUT2D eigenvalue weighted by Crippen LogP contribution is -2.50. The minimum Gasteiger partial charge on any atom is -0.444 e. The number of cyclic esters (lactones) is 1. The highest BCUT2D eigenvalue weighted by atomic mass is 79.9. The molecule has 0 aliphatic carbocycles. The molecule has 1 aromatic heterocycles. The van der Waals surface area contributed by atoms with Crippen LogP contribution in [0.2, 0.25) is 0 Å². The maximum atomic E-state index is 13.3. The summed E-state index contributed by atoms with van der Waals surface area (Å²) in [5, 5.41) is 2.49. The molecule has 3 heterocycles. The number of amides is 1. The molecule has 3 aromatic rings. The van der Waals surface area contributed by atoms with Gasteiger partial charge in [0.25, 0.3) is 0 Å². The van der Waals surface area contributed by atoms with Crippen molar-refractivity contribution in [2.75, 3.05) is 18.0 Å². The lowest BCUT2D eigenvalue weighted by molar-refractivity contribution is 0.135. The Kier molecular flexibility index (Phi) is 5.09. The van der Waals surface area contributed by atoms with Gasteiger partial charge in [-0.1, -0.05) is 34.1 Å². The third-order valence-corrected chi connectivity index (χ3v) is 9.25. The van der Waals surface area contributed by atoms with Crippen molar-refractivity contribution in [2.24, 2.45) is 0 Å². The Bertz CT molecular complexity index is 1230. The summed E-state index contributed by atoms with van der Waals surface area (Å²) in [4.78, 5) is 14.6. The van der Waals surface area contributed by atoms with Crippen LogP contribution in [0.1, 0.15) is 18.4 Å². The Hall–Kier alpha value is -1.94. The van der Waals surface area contributed by atoms with Gasteiger partial charge >= 0.3 is 6.09 Å². The summed E-state index contributed by atoms with van der Waals surface area (Å²) < 4.78 is 35.3. The quantitative estimate of drug-likeness (QED) is 0.502. The van der Waals surface area contributed by atoms with E-state index >= 15 is 0 Å². The van der Waals surface area contributed by atoms with Crippen LogP contribution >= 0.6 is 27.3 Å². The van der Waals surface area contributed by atoms with E-state index in [4.69, 9.17) is 4.74 Å². The molecule has 0 saturated carbocycles. The van der Waals surface area contributed by atoms with Crippen LogP contribution in [-0.4, -0.2) is 37.9 Å². The minimum atomic E-state index is -3.58. The number of sulfonamides is 1. The first kappa shape index (κ1) is 20.0. The number of piperidine rings is 1. The zero-order valence-corrected chi connectivity index (χ0v) is 19.2. The van der Waals surface area contributed by atoms with Gasteiger partial charge in [-0.15, -0.1) is 11.3 Å². The number of hydrogen-bond acceptors (Lipinski definition) is 5. The standard InChI is InChI=1S/C21H19BrN2O4S2/c22-15-5-6-18-14(11-15)12-28-21(25)24(18)16-7-9-23(10-8-16)30(26,27)20-13-29-19-4-2-1-3-17(19)20/h1-6,11,13,16H,7-10,12H2. The van der Waals surface area contributed by atoms with Crippen LogP contribution in [0.25, 0.3) is 10.1 Å². The lowest BCUT2D eigenvalue weighted by Gasteiger charge is -2.39. The van der Waals surface area contributed by atoms with Crippen molar-refractivity contribution in [1.29, 1.82) is 0 Å². The monoisotopic (exact) mass is 506 g/mol. The summed E-state index contributed by atoms with van der Waals surface area (Å²) in [6, 6.07) is 13.2. The van der Waals surface area contributed by atoms with E-state index in [2.05, 4.69) is 15.9 Å². The van der Waals surface area contributed by atoms with Gasteiger partial charge in [-0.25, -0.2) is 13.2 Å². The van der Waals surface area contributed by atoms with Gasteiger partial charge in [0.05, 0.1) is 5.69 Å². The molecule has 0 unspecified atom stereocenters. The van der Waals surface area contributed by atoms with Gasteiger partial charge in [0.15, 0.2) is 0 Å². The first-order valence-electron chi connectivity index (χ1n) is 9.66. The maximum absolute atomic E-state index is 13.3. The largest absolute Gasteiger partial charge is 0.444 e. The van der Waals surface area contributed by atoms with Gasteiger partial charge in [0, 0.05) is 44.6 Å². The predicted octanol–water partition coefficient (Wildman–Crippen LogP) is 4.97. The molecule has 30 heavy (non-hydrogen) atoms. The second kappa shape index (κ2) is 7.64. The number of carbonyl (C=O) groups is 1. The number of nitrogens with zero attached hydrogens (tertiary/aromatic N) is 2. The van der Waals surface area contributed by atoms with Gasteiger partial charge in [-0.05, 0) is 37.1 Å². The summed E-state index contributed by atoms with van der Waals surface area (Å²) in [6.45, 7) is 0.988. The van der Waals surface area contributed by atoms with Gasteiger partial charge in [0.2, 0.25) is 10.0 Å². The SMILES string of the molecule is O=C1OCc2cc(Br)ccc2N1C1CCN(S(=O)(=O)c2csc3ccccc23)CC1. The fourth-order valence-corrected chi connectivity index (χ4v) is 7.54. The van der Waals surface area contributed by atoms with Crippen molar-refractivity contribution in [1.82, 2.24) is 4.31 Å². The van der Waals surface area contributed by atoms with Gasteiger partial charge in [0.1, 0.15) is 11.5 Å². The van der Waals surface area contributed by atoms with E-state index in [9.17, 15) is 13.2 Å². The molecule has 0 N–H and O–H groups in total. The number of ether oxygens (including phenoxy) is 1. The number of anilines is 1. The molecule has 1 saturated heterocycles. The molecule has 0 radical (unpaired) electrons. The maximum Gasteiger partial charge on any atom is 0.414 e. The molecule has 0 atom stereocenters. The molecular weight excluding hydrogens is 488 g/mol. The van der Waals surface area contributed by atoms with E-state index in [1.165, 1.54) is 15.6 Å². The number of fused-ring (bicyclic) bond motifs is 2. The number of rotatable bonds is 3. The Balaban J connectivity index is 1.37. The highest BCUT2D eigenvalue weighted by Gasteiger charge is 2.37. The number of hydrogen-bond donors (Lipinski definition) is 0. The highest BCUT2D eigenvalue weighted by molar-refractivity contribution is 9.10. The third-order valence-electron chi connectivity index (χ3n) is 5.70. The number of carbonyl (C=O) groups excluding carboxylic acids is 1. The molecule has 5 rings (SSSR count). The molecule has 2 aliphatic heterocycles. The smallest absolute Gasteiger partial charge is 0.414 e. The molecule has 2 aromatic carbocycles. The molecule has 1 amide bonds. The topological polar surface area (TPSA) is 66.9 Å². The van der Waals surface area contributed by atoms with Crippen LogP contribution in [0.5, 0.6) is 0 Å². The van der Waals surface area contributed by atoms with Gasteiger partial charge in [-0.2, -0.15) is 4.31 Å². The molecule has 6 nitrogen and oxygen atoms in total. The number of benzene rings is 2. The van der Waals surface area contributed by atoms with E-state index in [1.54, 1.807) is 10.3 Å².